The van der Waals surface area contributed by atoms with E-state index < -0.39 is 0 Å². The van der Waals surface area contributed by atoms with Crippen molar-refractivity contribution in [2.75, 3.05) is 0 Å². The molecule has 0 aliphatic carbocycles. The largest absolute Gasteiger partial charge is 1.00 e. The topological polar surface area (TPSA) is 47.5 Å². The molecule has 0 amide bonds. The van der Waals surface area contributed by atoms with Gasteiger partial charge in [-0.1, -0.05) is 6.92 Å². The van der Waals surface area contributed by atoms with Gasteiger partial charge in [-0.3, -0.25) is 0 Å². The van der Waals surface area contributed by atoms with Crippen LogP contribution in [0.25, 0.3) is 11.4 Å². The standard InChI is InChI=1S/C11H16N5.HI/c1-3-7-15-8-5-6-10(9-15)11-12-14-16(4-2)13-11;/h5-6,8-9H,3-4,7H2,1-2H3;1H/q+1;/p-1. The third-order valence-electron chi connectivity index (χ3n) is 2.33. The van der Waals surface area contributed by atoms with Crippen LogP contribution in [0.2, 0.25) is 0 Å². The summed E-state index contributed by atoms with van der Waals surface area (Å²) in [5, 5.41) is 12.3. The highest BCUT2D eigenvalue weighted by molar-refractivity contribution is 5.50. The molecule has 2 heterocycles. The predicted octanol–water partition coefficient (Wildman–Crippen LogP) is -1.94. The fourth-order valence-electron chi connectivity index (χ4n) is 1.54. The number of aromatic nitrogens is 5. The zero-order valence-corrected chi connectivity index (χ0v) is 12.2. The summed E-state index contributed by atoms with van der Waals surface area (Å²) in [5.74, 6) is 0.687. The molecule has 0 aromatic carbocycles. The molecule has 92 valence electrons. The Kier molecular flexibility index (Phi) is 5.46. The third-order valence-corrected chi connectivity index (χ3v) is 2.33. The van der Waals surface area contributed by atoms with E-state index in [4.69, 9.17) is 0 Å². The smallest absolute Gasteiger partial charge is 0.210 e. The highest BCUT2D eigenvalue weighted by atomic mass is 127. The fraction of sp³-hybridized carbons (Fsp3) is 0.455. The number of nitrogens with zero attached hydrogens (tertiary/aromatic N) is 5. The molecular weight excluding hydrogens is 329 g/mol. The molecule has 0 spiro atoms. The van der Waals surface area contributed by atoms with E-state index in [-0.39, 0.29) is 24.0 Å². The van der Waals surface area contributed by atoms with Crippen molar-refractivity contribution in [2.24, 2.45) is 0 Å². The molecule has 2 rings (SSSR count). The number of tetrazole rings is 1. The SMILES string of the molecule is CCC[n+]1cccc(-c2nnn(CC)n2)c1.[I-]. The van der Waals surface area contributed by atoms with Gasteiger partial charge in [0.15, 0.2) is 12.4 Å². The van der Waals surface area contributed by atoms with Crippen LogP contribution in [0, 0.1) is 0 Å². The van der Waals surface area contributed by atoms with Crippen molar-refractivity contribution in [3.05, 3.63) is 24.5 Å². The third kappa shape index (κ3) is 3.45. The Morgan fingerprint density at radius 1 is 1.35 bits per heavy atom. The highest BCUT2D eigenvalue weighted by Crippen LogP contribution is 2.09. The molecule has 2 aromatic rings. The lowest BCUT2D eigenvalue weighted by molar-refractivity contribution is -0.696. The molecule has 0 N–H and O–H groups in total. The van der Waals surface area contributed by atoms with Crippen molar-refractivity contribution >= 4 is 0 Å². The Morgan fingerprint density at radius 2 is 2.18 bits per heavy atom. The van der Waals surface area contributed by atoms with Crippen LogP contribution < -0.4 is 28.5 Å². The minimum Gasteiger partial charge on any atom is -1.00 e. The second kappa shape index (κ2) is 6.63. The van der Waals surface area contributed by atoms with Crippen LogP contribution in [0.4, 0.5) is 0 Å². The summed E-state index contributed by atoms with van der Waals surface area (Å²) < 4.78 is 2.14. The molecule has 0 saturated carbocycles. The Bertz CT molecular complexity index is 468. The molecule has 6 heteroatoms. The van der Waals surface area contributed by atoms with Crippen LogP contribution in [0.1, 0.15) is 20.3 Å². The maximum Gasteiger partial charge on any atom is 0.210 e. The van der Waals surface area contributed by atoms with E-state index in [0.717, 1.165) is 25.1 Å². The Balaban J connectivity index is 0.00000144. The fourth-order valence-corrected chi connectivity index (χ4v) is 1.54. The van der Waals surface area contributed by atoms with Gasteiger partial charge in [-0.15, -0.1) is 10.2 Å². The van der Waals surface area contributed by atoms with Crippen LogP contribution in [0.3, 0.4) is 0 Å². The Morgan fingerprint density at radius 3 is 2.82 bits per heavy atom. The van der Waals surface area contributed by atoms with Crippen molar-refractivity contribution < 1.29 is 28.5 Å². The summed E-state index contributed by atoms with van der Waals surface area (Å²) in [5.41, 5.74) is 1.01. The van der Waals surface area contributed by atoms with Gasteiger partial charge in [0.1, 0.15) is 6.54 Å². The quantitative estimate of drug-likeness (QED) is 0.479. The van der Waals surface area contributed by atoms with Crippen LogP contribution in [-0.2, 0) is 13.1 Å². The molecule has 17 heavy (non-hydrogen) atoms. The lowest BCUT2D eigenvalue weighted by Gasteiger charge is -1.95. The van der Waals surface area contributed by atoms with E-state index in [1.54, 1.807) is 4.80 Å². The average Bonchev–Trinajstić information content (AvgIpc) is 2.78. The molecule has 0 saturated heterocycles. The average molecular weight is 345 g/mol. The molecule has 0 unspecified atom stereocenters. The first-order valence-corrected chi connectivity index (χ1v) is 5.60. The maximum absolute atomic E-state index is 4.28. The van der Waals surface area contributed by atoms with Crippen molar-refractivity contribution in [1.29, 1.82) is 0 Å². The molecule has 2 aromatic heterocycles. The van der Waals surface area contributed by atoms with E-state index in [2.05, 4.69) is 39.3 Å². The molecule has 5 nitrogen and oxygen atoms in total. The molecule has 0 aliphatic heterocycles. The summed E-state index contributed by atoms with van der Waals surface area (Å²) in [7, 11) is 0. The summed E-state index contributed by atoms with van der Waals surface area (Å²) in [6.07, 6.45) is 5.22. The van der Waals surface area contributed by atoms with Gasteiger partial charge in [-0.05, 0) is 18.2 Å². The van der Waals surface area contributed by atoms with E-state index in [0.29, 0.717) is 5.82 Å². The van der Waals surface area contributed by atoms with Gasteiger partial charge in [0.2, 0.25) is 5.82 Å². The minimum absolute atomic E-state index is 0. The zero-order chi connectivity index (χ0) is 11.4. The highest BCUT2D eigenvalue weighted by Gasteiger charge is 2.09. The van der Waals surface area contributed by atoms with E-state index in [1.165, 1.54) is 0 Å². The summed E-state index contributed by atoms with van der Waals surface area (Å²) in [4.78, 5) is 1.59. The molecule has 0 aliphatic rings. The van der Waals surface area contributed by atoms with Gasteiger partial charge in [0, 0.05) is 12.5 Å². The van der Waals surface area contributed by atoms with Gasteiger partial charge < -0.3 is 24.0 Å². The summed E-state index contributed by atoms with van der Waals surface area (Å²) in [6.45, 7) is 5.91. The minimum atomic E-state index is 0. The Labute approximate surface area is 118 Å². The lowest BCUT2D eigenvalue weighted by Crippen LogP contribution is -3.00. The second-order valence-electron chi connectivity index (χ2n) is 3.63. The number of hydrogen-bond acceptors (Lipinski definition) is 3. The zero-order valence-electron chi connectivity index (χ0n) is 10.0. The summed E-state index contributed by atoms with van der Waals surface area (Å²) in [6, 6.07) is 4.01. The van der Waals surface area contributed by atoms with Gasteiger partial charge in [-0.25, -0.2) is 4.57 Å². The molecule has 0 radical (unpaired) electrons. The van der Waals surface area contributed by atoms with E-state index >= 15 is 0 Å². The Hall–Kier alpha value is -1.05. The number of hydrogen-bond donors (Lipinski definition) is 0. The monoisotopic (exact) mass is 345 g/mol. The van der Waals surface area contributed by atoms with Crippen LogP contribution >= 0.6 is 0 Å². The first kappa shape index (κ1) is 14.0. The van der Waals surface area contributed by atoms with Gasteiger partial charge in [-0.2, -0.15) is 4.80 Å². The summed E-state index contributed by atoms with van der Waals surface area (Å²) >= 11 is 0. The first-order chi connectivity index (χ1) is 7.83. The normalized spacial score (nSPS) is 10.0. The van der Waals surface area contributed by atoms with E-state index in [1.807, 2.05) is 19.1 Å². The van der Waals surface area contributed by atoms with Crippen LogP contribution in [0.15, 0.2) is 24.5 Å². The van der Waals surface area contributed by atoms with Gasteiger partial charge in [0.25, 0.3) is 0 Å². The lowest BCUT2D eigenvalue weighted by atomic mass is 10.2. The van der Waals surface area contributed by atoms with Crippen LogP contribution in [-0.4, -0.2) is 20.2 Å². The molecule has 0 atom stereocenters. The van der Waals surface area contributed by atoms with Crippen molar-refractivity contribution in [1.82, 2.24) is 20.2 Å². The molecule has 0 bridgehead atoms. The first-order valence-electron chi connectivity index (χ1n) is 5.60. The maximum atomic E-state index is 4.28. The van der Waals surface area contributed by atoms with Gasteiger partial charge >= 0.3 is 0 Å². The van der Waals surface area contributed by atoms with Crippen molar-refractivity contribution in [2.45, 2.75) is 33.4 Å². The number of rotatable bonds is 4. The van der Waals surface area contributed by atoms with Gasteiger partial charge in [0.05, 0.1) is 12.1 Å². The molecular formula is C11H16IN5. The second-order valence-corrected chi connectivity index (χ2v) is 3.63. The van der Waals surface area contributed by atoms with Crippen molar-refractivity contribution in [3.8, 4) is 11.4 Å². The van der Waals surface area contributed by atoms with E-state index in [9.17, 15) is 0 Å². The predicted molar refractivity (Wildman–Crippen MR) is 59.4 cm³/mol. The van der Waals surface area contributed by atoms with Crippen molar-refractivity contribution in [3.63, 3.8) is 0 Å². The number of pyridine rings is 1. The van der Waals surface area contributed by atoms with Crippen LogP contribution in [0.5, 0.6) is 0 Å². The number of aryl methyl sites for hydroxylation is 2. The number of halogens is 1. The molecule has 0 fully saturated rings.